The van der Waals surface area contributed by atoms with E-state index >= 15 is 0 Å². The van der Waals surface area contributed by atoms with E-state index in [2.05, 4.69) is 20.9 Å². The lowest BCUT2D eigenvalue weighted by atomic mass is 9.93. The minimum Gasteiger partial charge on any atom is -0.479 e. The van der Waals surface area contributed by atoms with Crippen molar-refractivity contribution in [3.05, 3.63) is 88.8 Å². The van der Waals surface area contributed by atoms with Gasteiger partial charge < -0.3 is 24.8 Å². The van der Waals surface area contributed by atoms with Gasteiger partial charge >= 0.3 is 12.1 Å². The molecule has 5 atom stereocenters. The van der Waals surface area contributed by atoms with Gasteiger partial charge in [0.1, 0.15) is 23.5 Å². The molecule has 12 nitrogen and oxygen atoms in total. The molecule has 0 spiro atoms. The van der Waals surface area contributed by atoms with Crippen LogP contribution in [-0.4, -0.2) is 77.5 Å². The van der Waals surface area contributed by atoms with Crippen molar-refractivity contribution in [3.63, 3.8) is 0 Å². The fourth-order valence-electron chi connectivity index (χ4n) is 4.79. The molecule has 3 N–H and O–H groups in total. The van der Waals surface area contributed by atoms with Crippen LogP contribution in [-0.2, 0) is 43.1 Å². The molecule has 1 aliphatic rings. The normalized spacial score (nSPS) is 21.6. The Morgan fingerprint density at radius 3 is 2.45 bits per heavy atom. The van der Waals surface area contributed by atoms with Crippen LogP contribution in [0.3, 0.4) is 0 Å². The highest BCUT2D eigenvalue weighted by molar-refractivity contribution is 6.28. The molecule has 0 radical (unpaired) electrons. The van der Waals surface area contributed by atoms with Gasteiger partial charge in [-0.05, 0) is 47.7 Å². The van der Waals surface area contributed by atoms with Gasteiger partial charge in [0.25, 0.3) is 0 Å². The number of benzene rings is 2. The molecule has 228 valence electrons. The van der Waals surface area contributed by atoms with Gasteiger partial charge in [0.15, 0.2) is 23.6 Å². The standard InChI is InChI=1S/C29H26ClFN4O6.CO2/c1-2-29(39)22(15-40-21(27(37)38)14-18-6-4-3-5-7-18)41-26(24(29)36)35-16-32-23-20(33-28(30)34-25(23)35)13-10-17-8-11-19(31)12-9-17;2-1-3/h1,3-9,11-12,16,21-22,24,26,36,39H,10,13-15H2,(H,37,38);/t21?,22-,24+,26-,29-;/m1./s1. The number of carbonyl (C=O) groups excluding carboxylic acids is 2. The fourth-order valence-corrected chi connectivity index (χ4v) is 4.97. The molecule has 0 amide bonds. The van der Waals surface area contributed by atoms with E-state index in [1.54, 1.807) is 36.4 Å². The second kappa shape index (κ2) is 14.3. The molecule has 5 rings (SSSR count). The zero-order chi connectivity index (χ0) is 31.9. The molecule has 1 aliphatic heterocycles. The lowest BCUT2D eigenvalue weighted by Gasteiger charge is -2.26. The van der Waals surface area contributed by atoms with Crippen molar-refractivity contribution < 1.29 is 43.6 Å². The quantitative estimate of drug-likeness (QED) is 0.174. The molecular weight excluding hydrogens is 599 g/mol. The molecule has 0 aliphatic carbocycles. The molecule has 1 saturated heterocycles. The van der Waals surface area contributed by atoms with Crippen LogP contribution in [0.25, 0.3) is 11.2 Å². The molecule has 0 saturated carbocycles. The summed E-state index contributed by atoms with van der Waals surface area (Å²) < 4.78 is 26.2. The monoisotopic (exact) mass is 624 g/mol. The van der Waals surface area contributed by atoms with E-state index in [1.807, 2.05) is 6.07 Å². The van der Waals surface area contributed by atoms with Crippen LogP contribution in [0.5, 0.6) is 0 Å². The Labute approximate surface area is 255 Å². The van der Waals surface area contributed by atoms with Crippen LogP contribution in [0.1, 0.15) is 23.0 Å². The third-order valence-corrected chi connectivity index (χ3v) is 7.21. The SMILES string of the molecule is C#C[C@@]1(O)[C@@H](COC(Cc2ccccc2)C(=O)O)O[C@@H](n2cnc3c(CCc4ccc(F)cc4)nc(Cl)nc32)[C@@H]1O.O=C=O. The first-order valence-electron chi connectivity index (χ1n) is 13.2. The first-order valence-corrected chi connectivity index (χ1v) is 13.5. The molecule has 2 aromatic carbocycles. The second-order valence-electron chi connectivity index (χ2n) is 9.75. The van der Waals surface area contributed by atoms with Crippen molar-refractivity contribution in [2.75, 3.05) is 6.61 Å². The Balaban J connectivity index is 0.00000141. The van der Waals surface area contributed by atoms with Crippen LogP contribution in [0.15, 0.2) is 60.9 Å². The van der Waals surface area contributed by atoms with Crippen LogP contribution in [0, 0.1) is 18.2 Å². The first kappa shape index (κ1) is 32.4. The van der Waals surface area contributed by atoms with Crippen LogP contribution < -0.4 is 0 Å². The summed E-state index contributed by atoms with van der Waals surface area (Å²) in [7, 11) is 0. The topological polar surface area (TPSA) is 174 Å². The molecular formula is C30H26ClFN4O8. The number of hydrogen-bond donors (Lipinski definition) is 3. The second-order valence-corrected chi connectivity index (χ2v) is 10.1. The summed E-state index contributed by atoms with van der Waals surface area (Å²) in [6, 6.07) is 15.0. The lowest BCUT2D eigenvalue weighted by Crippen LogP contribution is -2.48. The Bertz CT molecular complexity index is 1670. The first-order chi connectivity index (χ1) is 21.1. The number of nitrogens with zero attached hydrogens (tertiary/aromatic N) is 4. The Hall–Kier alpha value is -4.54. The molecule has 1 fully saturated rings. The summed E-state index contributed by atoms with van der Waals surface area (Å²) >= 11 is 6.22. The number of hydrogen-bond acceptors (Lipinski definition) is 10. The highest BCUT2D eigenvalue weighted by Gasteiger charge is 2.56. The summed E-state index contributed by atoms with van der Waals surface area (Å²) in [6.07, 6.45) is 2.82. The zero-order valence-electron chi connectivity index (χ0n) is 22.9. The van der Waals surface area contributed by atoms with Gasteiger partial charge in [-0.15, -0.1) is 6.42 Å². The number of aliphatic carboxylic acids is 1. The number of aromatic nitrogens is 4. The minimum atomic E-state index is -2.21. The zero-order valence-corrected chi connectivity index (χ0v) is 23.7. The van der Waals surface area contributed by atoms with E-state index < -0.39 is 42.7 Å². The third kappa shape index (κ3) is 7.15. The van der Waals surface area contributed by atoms with Crippen molar-refractivity contribution in [1.29, 1.82) is 0 Å². The van der Waals surface area contributed by atoms with Gasteiger partial charge in [0.05, 0.1) is 18.6 Å². The number of aryl methyl sites for hydroxylation is 2. The van der Waals surface area contributed by atoms with E-state index in [0.717, 1.165) is 11.1 Å². The third-order valence-electron chi connectivity index (χ3n) is 7.04. The summed E-state index contributed by atoms with van der Waals surface area (Å²) in [5.74, 6) is 0.648. The number of aliphatic hydroxyl groups is 2. The van der Waals surface area contributed by atoms with Gasteiger partial charge in [-0.1, -0.05) is 48.4 Å². The van der Waals surface area contributed by atoms with Gasteiger partial charge in [0, 0.05) is 6.42 Å². The molecule has 44 heavy (non-hydrogen) atoms. The number of terminal acetylenes is 1. The van der Waals surface area contributed by atoms with Crippen molar-refractivity contribution in [3.8, 4) is 12.3 Å². The number of halogens is 2. The molecule has 0 bridgehead atoms. The van der Waals surface area contributed by atoms with Gasteiger partial charge in [-0.3, -0.25) is 4.57 Å². The largest absolute Gasteiger partial charge is 0.479 e. The molecule has 4 aromatic rings. The number of ether oxygens (including phenoxy) is 2. The molecule has 2 aromatic heterocycles. The highest BCUT2D eigenvalue weighted by Crippen LogP contribution is 2.39. The Kier molecular flexibility index (Phi) is 10.5. The van der Waals surface area contributed by atoms with Crippen molar-refractivity contribution in [2.24, 2.45) is 0 Å². The number of carboxylic acids is 1. The lowest BCUT2D eigenvalue weighted by molar-refractivity contribution is -0.191. The summed E-state index contributed by atoms with van der Waals surface area (Å²) in [4.78, 5) is 41.0. The maximum Gasteiger partial charge on any atom is 0.373 e. The van der Waals surface area contributed by atoms with Crippen LogP contribution in [0.2, 0.25) is 5.28 Å². The van der Waals surface area contributed by atoms with Crippen molar-refractivity contribution >= 4 is 34.9 Å². The molecule has 3 heterocycles. The van der Waals surface area contributed by atoms with E-state index in [9.17, 15) is 24.5 Å². The number of aliphatic hydroxyl groups excluding tert-OH is 1. The Morgan fingerprint density at radius 1 is 1.14 bits per heavy atom. The van der Waals surface area contributed by atoms with Crippen LogP contribution in [0.4, 0.5) is 4.39 Å². The summed E-state index contributed by atoms with van der Waals surface area (Å²) in [5.41, 5.74) is 0.569. The predicted molar refractivity (Wildman–Crippen MR) is 150 cm³/mol. The van der Waals surface area contributed by atoms with E-state index in [1.165, 1.54) is 23.0 Å². The van der Waals surface area contributed by atoms with Gasteiger partial charge in [-0.25, -0.2) is 19.2 Å². The van der Waals surface area contributed by atoms with Crippen molar-refractivity contribution in [2.45, 2.75) is 49.4 Å². The van der Waals surface area contributed by atoms with Crippen LogP contribution >= 0.6 is 11.6 Å². The summed E-state index contributed by atoms with van der Waals surface area (Å²) in [6.45, 7) is -0.413. The van der Waals surface area contributed by atoms with E-state index in [0.29, 0.717) is 24.1 Å². The number of imidazole rings is 1. The van der Waals surface area contributed by atoms with E-state index in [-0.39, 0.29) is 29.3 Å². The minimum absolute atomic E-state index is 0.0712. The number of carboxylic acid groups (broad SMARTS) is 1. The number of carbonyl (C=O) groups is 1. The van der Waals surface area contributed by atoms with Gasteiger partial charge in [-0.2, -0.15) is 14.6 Å². The smallest absolute Gasteiger partial charge is 0.373 e. The summed E-state index contributed by atoms with van der Waals surface area (Å²) in [5, 5.41) is 31.9. The number of fused-ring (bicyclic) bond motifs is 1. The van der Waals surface area contributed by atoms with E-state index in [4.69, 9.17) is 37.1 Å². The fraction of sp³-hybridized carbons (Fsp3) is 0.300. The van der Waals surface area contributed by atoms with Crippen molar-refractivity contribution in [1.82, 2.24) is 19.5 Å². The average molecular weight is 625 g/mol. The number of rotatable bonds is 10. The molecule has 1 unspecified atom stereocenters. The molecule has 14 heteroatoms. The average Bonchev–Trinajstić information content (AvgIpc) is 3.53. The Morgan fingerprint density at radius 2 is 1.82 bits per heavy atom. The maximum absolute atomic E-state index is 13.3. The maximum atomic E-state index is 13.3. The highest BCUT2D eigenvalue weighted by atomic mass is 35.5. The predicted octanol–water partition coefficient (Wildman–Crippen LogP) is 2.16. The van der Waals surface area contributed by atoms with Gasteiger partial charge in [0.2, 0.25) is 5.28 Å².